The Balaban J connectivity index is 1.54. The number of nitrogens with zero attached hydrogens (tertiary/aromatic N) is 3. The summed E-state index contributed by atoms with van der Waals surface area (Å²) in [6.45, 7) is 1.72. The summed E-state index contributed by atoms with van der Waals surface area (Å²) >= 11 is 0. The SMILES string of the molecule is CN(C)S(=O)(=O)c1ccc2c(c1)CCCN2C(=O)CN(Cc1ccco1)Cc1ccco1. The number of carbonyl (C=O) groups excluding carboxylic acids is 1. The number of carbonyl (C=O) groups is 1. The Hall–Kier alpha value is -2.88. The van der Waals surface area contributed by atoms with Gasteiger partial charge in [0.15, 0.2) is 0 Å². The van der Waals surface area contributed by atoms with Gasteiger partial charge < -0.3 is 13.7 Å². The number of rotatable bonds is 8. The second-order valence-electron chi connectivity index (χ2n) is 8.03. The number of sulfonamides is 1. The van der Waals surface area contributed by atoms with Crippen LogP contribution in [0.5, 0.6) is 0 Å². The van der Waals surface area contributed by atoms with Crippen molar-refractivity contribution in [1.29, 1.82) is 0 Å². The molecule has 8 nitrogen and oxygen atoms in total. The van der Waals surface area contributed by atoms with Crippen LogP contribution in [-0.4, -0.2) is 50.7 Å². The molecule has 0 radical (unpaired) electrons. The van der Waals surface area contributed by atoms with Crippen LogP contribution in [0.3, 0.4) is 0 Å². The lowest BCUT2D eigenvalue weighted by Crippen LogP contribution is -2.42. The van der Waals surface area contributed by atoms with Crippen molar-refractivity contribution in [3.8, 4) is 0 Å². The molecule has 0 unspecified atom stereocenters. The lowest BCUT2D eigenvalue weighted by Gasteiger charge is -2.32. The molecule has 0 saturated heterocycles. The number of hydrogen-bond acceptors (Lipinski definition) is 6. The minimum absolute atomic E-state index is 0.0488. The zero-order valence-corrected chi connectivity index (χ0v) is 19.0. The normalized spacial score (nSPS) is 14.2. The van der Waals surface area contributed by atoms with Gasteiger partial charge in [0.25, 0.3) is 0 Å². The topological polar surface area (TPSA) is 87.2 Å². The zero-order valence-electron chi connectivity index (χ0n) is 18.2. The summed E-state index contributed by atoms with van der Waals surface area (Å²) in [4.78, 5) is 17.3. The number of furan rings is 2. The van der Waals surface area contributed by atoms with Gasteiger partial charge in [0, 0.05) is 26.3 Å². The molecular formula is C23H27N3O5S. The maximum Gasteiger partial charge on any atom is 0.242 e. The molecule has 0 aliphatic carbocycles. The monoisotopic (exact) mass is 457 g/mol. The minimum Gasteiger partial charge on any atom is -0.468 e. The smallest absolute Gasteiger partial charge is 0.242 e. The van der Waals surface area contributed by atoms with E-state index in [1.165, 1.54) is 18.4 Å². The van der Waals surface area contributed by atoms with Crippen LogP contribution in [0.15, 0.2) is 68.7 Å². The van der Waals surface area contributed by atoms with Crippen molar-refractivity contribution >= 4 is 21.6 Å². The molecule has 1 aliphatic heterocycles. The zero-order chi connectivity index (χ0) is 22.7. The molecule has 32 heavy (non-hydrogen) atoms. The van der Waals surface area contributed by atoms with E-state index in [9.17, 15) is 13.2 Å². The Morgan fingerprint density at radius 1 is 1.03 bits per heavy atom. The van der Waals surface area contributed by atoms with E-state index in [4.69, 9.17) is 8.83 Å². The Kier molecular flexibility index (Phi) is 6.50. The Labute approximate surface area is 188 Å². The van der Waals surface area contributed by atoms with Crippen LogP contribution < -0.4 is 4.90 Å². The van der Waals surface area contributed by atoms with Crippen LogP contribution in [0.25, 0.3) is 0 Å². The third-order valence-corrected chi connectivity index (χ3v) is 7.34. The van der Waals surface area contributed by atoms with Crippen molar-refractivity contribution in [1.82, 2.24) is 9.21 Å². The molecule has 2 aromatic heterocycles. The van der Waals surface area contributed by atoms with Gasteiger partial charge in [-0.1, -0.05) is 0 Å². The van der Waals surface area contributed by atoms with Gasteiger partial charge in [0.1, 0.15) is 11.5 Å². The predicted octanol–water partition coefficient (Wildman–Crippen LogP) is 3.10. The molecule has 1 aromatic carbocycles. The first-order valence-corrected chi connectivity index (χ1v) is 11.9. The third kappa shape index (κ3) is 4.79. The van der Waals surface area contributed by atoms with Crippen LogP contribution in [-0.2, 0) is 34.3 Å². The summed E-state index contributed by atoms with van der Waals surface area (Å²) < 4.78 is 37.1. The summed E-state index contributed by atoms with van der Waals surface area (Å²) in [5, 5.41) is 0. The molecule has 3 heterocycles. The molecule has 9 heteroatoms. The number of anilines is 1. The lowest BCUT2D eigenvalue weighted by molar-refractivity contribution is -0.120. The van der Waals surface area contributed by atoms with Crippen molar-refractivity contribution < 1.29 is 22.0 Å². The van der Waals surface area contributed by atoms with E-state index in [1.807, 2.05) is 29.2 Å². The number of fused-ring (bicyclic) bond motifs is 1. The van der Waals surface area contributed by atoms with Gasteiger partial charge in [-0.15, -0.1) is 0 Å². The second kappa shape index (κ2) is 9.32. The number of hydrogen-bond donors (Lipinski definition) is 0. The van der Waals surface area contributed by atoms with Crippen LogP contribution in [0, 0.1) is 0 Å². The molecular weight excluding hydrogens is 430 g/mol. The van der Waals surface area contributed by atoms with Gasteiger partial charge in [-0.3, -0.25) is 9.69 Å². The van der Waals surface area contributed by atoms with Gasteiger partial charge >= 0.3 is 0 Å². The molecule has 1 amide bonds. The van der Waals surface area contributed by atoms with Crippen molar-refractivity contribution in [2.24, 2.45) is 0 Å². The van der Waals surface area contributed by atoms with E-state index >= 15 is 0 Å². The Morgan fingerprint density at radius 3 is 2.25 bits per heavy atom. The minimum atomic E-state index is -3.52. The second-order valence-corrected chi connectivity index (χ2v) is 10.2. The highest BCUT2D eigenvalue weighted by Crippen LogP contribution is 2.30. The number of aryl methyl sites for hydroxylation is 1. The van der Waals surface area contributed by atoms with E-state index in [0.717, 1.165) is 35.6 Å². The van der Waals surface area contributed by atoms with Crippen LogP contribution >= 0.6 is 0 Å². The predicted molar refractivity (Wildman–Crippen MR) is 120 cm³/mol. The van der Waals surface area contributed by atoms with Gasteiger partial charge in [-0.25, -0.2) is 12.7 Å². The van der Waals surface area contributed by atoms with E-state index in [-0.39, 0.29) is 17.3 Å². The first-order valence-electron chi connectivity index (χ1n) is 10.5. The molecule has 0 atom stereocenters. The highest BCUT2D eigenvalue weighted by Gasteiger charge is 2.27. The summed E-state index contributed by atoms with van der Waals surface area (Å²) in [6, 6.07) is 12.4. The van der Waals surface area contributed by atoms with Crippen molar-refractivity contribution in [2.75, 3.05) is 32.1 Å². The van der Waals surface area contributed by atoms with E-state index in [1.54, 1.807) is 35.6 Å². The van der Waals surface area contributed by atoms with Gasteiger partial charge in [0.05, 0.1) is 37.1 Å². The fourth-order valence-electron chi connectivity index (χ4n) is 3.89. The number of amides is 1. The van der Waals surface area contributed by atoms with Gasteiger partial charge in [-0.05, 0) is 60.9 Å². The molecule has 170 valence electrons. The van der Waals surface area contributed by atoms with Crippen LogP contribution in [0.4, 0.5) is 5.69 Å². The third-order valence-electron chi connectivity index (χ3n) is 5.53. The van der Waals surface area contributed by atoms with Crippen molar-refractivity contribution in [3.63, 3.8) is 0 Å². The molecule has 3 aromatic rings. The molecule has 0 N–H and O–H groups in total. The van der Waals surface area contributed by atoms with E-state index in [2.05, 4.69) is 0 Å². The summed E-state index contributed by atoms with van der Waals surface area (Å²) in [7, 11) is -0.502. The first-order chi connectivity index (χ1) is 15.3. The molecule has 0 spiro atoms. The summed E-state index contributed by atoms with van der Waals surface area (Å²) in [5.41, 5.74) is 1.64. The largest absolute Gasteiger partial charge is 0.468 e. The molecule has 0 saturated carbocycles. The van der Waals surface area contributed by atoms with Crippen LogP contribution in [0.1, 0.15) is 23.5 Å². The Morgan fingerprint density at radius 2 is 1.69 bits per heavy atom. The summed E-state index contributed by atoms with van der Waals surface area (Å²) in [6.07, 6.45) is 4.74. The highest BCUT2D eigenvalue weighted by atomic mass is 32.2. The number of benzene rings is 1. The quantitative estimate of drug-likeness (QED) is 0.517. The highest BCUT2D eigenvalue weighted by molar-refractivity contribution is 7.89. The average molecular weight is 458 g/mol. The fraction of sp³-hybridized carbons (Fsp3) is 0.348. The van der Waals surface area contributed by atoms with E-state index < -0.39 is 10.0 Å². The van der Waals surface area contributed by atoms with Crippen molar-refractivity contribution in [3.05, 3.63) is 72.1 Å². The van der Waals surface area contributed by atoms with E-state index in [0.29, 0.717) is 19.6 Å². The fourth-order valence-corrected chi connectivity index (χ4v) is 4.85. The Bertz CT molecular complexity index is 1120. The molecule has 0 fully saturated rings. The molecule has 4 rings (SSSR count). The maximum atomic E-state index is 13.3. The molecule has 0 bridgehead atoms. The first kappa shape index (κ1) is 22.3. The van der Waals surface area contributed by atoms with Gasteiger partial charge in [0.2, 0.25) is 15.9 Å². The standard InChI is InChI=1S/C23H27N3O5S/c1-24(2)32(28,29)21-9-10-22-18(14-21)6-3-11-26(22)23(27)17-25(15-19-7-4-12-30-19)16-20-8-5-13-31-20/h4-5,7-10,12-14H,3,6,11,15-17H2,1-2H3. The average Bonchev–Trinajstić information content (AvgIpc) is 3.47. The summed E-state index contributed by atoms with van der Waals surface area (Å²) in [5.74, 6) is 1.48. The molecule has 1 aliphatic rings. The lowest BCUT2D eigenvalue weighted by atomic mass is 10.0. The van der Waals surface area contributed by atoms with Gasteiger partial charge in [-0.2, -0.15) is 0 Å². The van der Waals surface area contributed by atoms with Crippen molar-refractivity contribution in [2.45, 2.75) is 30.8 Å². The van der Waals surface area contributed by atoms with Crippen LogP contribution in [0.2, 0.25) is 0 Å². The maximum absolute atomic E-state index is 13.3.